The minimum absolute atomic E-state index is 0.181. The second-order valence-electron chi connectivity index (χ2n) is 8.01. The van der Waals surface area contributed by atoms with Crippen molar-refractivity contribution >= 4 is 16.7 Å². The van der Waals surface area contributed by atoms with Crippen molar-refractivity contribution in [3.8, 4) is 0 Å². The van der Waals surface area contributed by atoms with Gasteiger partial charge in [0.2, 0.25) is 0 Å². The molecule has 0 unspecified atom stereocenters. The molecule has 4 rings (SSSR count). The molecule has 1 aliphatic rings. The Morgan fingerprint density at radius 2 is 1.67 bits per heavy atom. The highest BCUT2D eigenvalue weighted by molar-refractivity contribution is 6.04. The summed E-state index contributed by atoms with van der Waals surface area (Å²) in [7, 11) is 0. The van der Waals surface area contributed by atoms with E-state index in [2.05, 4.69) is 10.4 Å². The van der Waals surface area contributed by atoms with E-state index in [1.54, 1.807) is 17.0 Å². The van der Waals surface area contributed by atoms with Crippen molar-refractivity contribution in [2.24, 2.45) is 0 Å². The third-order valence-electron chi connectivity index (χ3n) is 5.81. The van der Waals surface area contributed by atoms with Crippen LogP contribution in [0.4, 0.5) is 0 Å². The van der Waals surface area contributed by atoms with Gasteiger partial charge in [-0.25, -0.2) is 4.68 Å². The molecule has 2 aromatic carbocycles. The number of benzene rings is 2. The molecule has 2 N–H and O–H groups in total. The van der Waals surface area contributed by atoms with E-state index in [1.165, 1.54) is 37.0 Å². The van der Waals surface area contributed by atoms with E-state index < -0.39 is 0 Å². The highest BCUT2D eigenvalue weighted by atomic mass is 16.2. The Labute approximate surface area is 176 Å². The zero-order chi connectivity index (χ0) is 20.8. The number of hydrogen-bond acceptors (Lipinski definition) is 3. The van der Waals surface area contributed by atoms with E-state index >= 15 is 0 Å². The number of amides is 1. The van der Waals surface area contributed by atoms with Crippen LogP contribution < -0.4 is 15.8 Å². The monoisotopic (exact) mass is 405 g/mol. The Bertz CT molecular complexity index is 1060. The number of fused-ring (bicyclic) bond motifs is 1. The van der Waals surface area contributed by atoms with Gasteiger partial charge >= 0.3 is 0 Å². The van der Waals surface area contributed by atoms with Crippen molar-refractivity contribution in [1.82, 2.24) is 15.1 Å². The van der Waals surface area contributed by atoms with Crippen LogP contribution in [0.1, 0.15) is 41.7 Å². The van der Waals surface area contributed by atoms with Gasteiger partial charge in [0, 0.05) is 18.4 Å². The molecule has 6 heteroatoms. The van der Waals surface area contributed by atoms with Crippen LogP contribution in [0, 0.1) is 0 Å². The van der Waals surface area contributed by atoms with Crippen molar-refractivity contribution in [1.29, 1.82) is 0 Å². The molecule has 0 saturated carbocycles. The quantitative estimate of drug-likeness (QED) is 0.587. The first kappa shape index (κ1) is 20.3. The van der Waals surface area contributed by atoms with Gasteiger partial charge in [-0.3, -0.25) is 9.59 Å². The highest BCUT2D eigenvalue weighted by Gasteiger charge is 2.17. The lowest BCUT2D eigenvalue weighted by Crippen LogP contribution is -3.12. The summed E-state index contributed by atoms with van der Waals surface area (Å²) >= 11 is 0. The summed E-state index contributed by atoms with van der Waals surface area (Å²) in [6, 6.07) is 16.9. The lowest BCUT2D eigenvalue weighted by molar-refractivity contribution is -0.904. The third kappa shape index (κ3) is 4.76. The molecule has 1 aliphatic heterocycles. The molecular weight excluding hydrogens is 376 g/mol. The van der Waals surface area contributed by atoms with Crippen molar-refractivity contribution in [2.45, 2.75) is 32.2 Å². The minimum atomic E-state index is -0.221. The largest absolute Gasteiger partial charge is 0.350 e. The Balaban J connectivity index is 1.51. The number of rotatable bonds is 7. The minimum Gasteiger partial charge on any atom is -0.350 e. The first-order valence-corrected chi connectivity index (χ1v) is 10.9. The Hall–Kier alpha value is -2.99. The van der Waals surface area contributed by atoms with Gasteiger partial charge in [0.15, 0.2) is 5.69 Å². The van der Waals surface area contributed by atoms with Crippen molar-refractivity contribution in [3.63, 3.8) is 0 Å². The maximum Gasteiger partial charge on any atom is 0.274 e. The zero-order valence-corrected chi connectivity index (χ0v) is 17.3. The summed E-state index contributed by atoms with van der Waals surface area (Å²) in [5, 5.41) is 8.58. The molecule has 6 nitrogen and oxygen atoms in total. The number of hydrogen-bond donors (Lipinski definition) is 2. The molecule has 2 heterocycles. The Morgan fingerprint density at radius 1 is 0.967 bits per heavy atom. The van der Waals surface area contributed by atoms with Gasteiger partial charge in [0.1, 0.15) is 0 Å². The molecule has 1 saturated heterocycles. The molecule has 0 aliphatic carbocycles. The number of nitrogens with one attached hydrogen (secondary N) is 2. The molecular formula is C24H29N4O2+. The number of likely N-dealkylation sites (tertiary alicyclic amines) is 1. The maximum atomic E-state index is 12.9. The van der Waals surface area contributed by atoms with E-state index in [4.69, 9.17) is 0 Å². The topological polar surface area (TPSA) is 68.4 Å². The van der Waals surface area contributed by atoms with E-state index in [0.29, 0.717) is 29.6 Å². The van der Waals surface area contributed by atoms with Gasteiger partial charge in [0.25, 0.3) is 11.5 Å². The summed E-state index contributed by atoms with van der Waals surface area (Å²) < 4.78 is 1.39. The fourth-order valence-corrected chi connectivity index (χ4v) is 4.19. The molecule has 1 aromatic heterocycles. The first-order chi connectivity index (χ1) is 14.7. The van der Waals surface area contributed by atoms with Crippen LogP contribution in [-0.2, 0) is 6.54 Å². The third-order valence-corrected chi connectivity index (χ3v) is 5.81. The van der Waals surface area contributed by atoms with Crippen molar-refractivity contribution < 1.29 is 9.69 Å². The number of carbonyl (C=O) groups excluding carboxylic acids is 1. The van der Waals surface area contributed by atoms with E-state index in [1.807, 2.05) is 42.5 Å². The number of quaternary nitrogens is 1. The summed E-state index contributed by atoms with van der Waals surface area (Å²) in [5.74, 6) is -0.221. The average Bonchev–Trinajstić information content (AvgIpc) is 2.80. The van der Waals surface area contributed by atoms with E-state index in [-0.39, 0.29) is 11.5 Å². The van der Waals surface area contributed by atoms with Crippen LogP contribution in [0.15, 0.2) is 59.4 Å². The number of piperidine rings is 1. The second kappa shape index (κ2) is 9.67. The summed E-state index contributed by atoms with van der Waals surface area (Å²) in [6.07, 6.45) is 4.90. The van der Waals surface area contributed by atoms with Gasteiger partial charge in [-0.15, -0.1) is 0 Å². The molecule has 1 fully saturated rings. The summed E-state index contributed by atoms with van der Waals surface area (Å²) in [5.41, 5.74) is 1.10. The van der Waals surface area contributed by atoms with Crippen molar-refractivity contribution in [3.05, 3.63) is 76.2 Å². The van der Waals surface area contributed by atoms with Gasteiger partial charge in [-0.05, 0) is 30.9 Å². The fraction of sp³-hybridized carbons (Fsp3) is 0.375. The van der Waals surface area contributed by atoms with Gasteiger partial charge in [-0.2, -0.15) is 5.10 Å². The molecule has 0 spiro atoms. The number of nitrogens with zero attached hydrogens (tertiary/aromatic N) is 2. The highest BCUT2D eigenvalue weighted by Crippen LogP contribution is 2.14. The predicted molar refractivity (Wildman–Crippen MR) is 118 cm³/mol. The van der Waals surface area contributed by atoms with Crippen LogP contribution in [0.25, 0.3) is 10.8 Å². The van der Waals surface area contributed by atoms with E-state index in [9.17, 15) is 9.59 Å². The van der Waals surface area contributed by atoms with Gasteiger partial charge < -0.3 is 10.2 Å². The van der Waals surface area contributed by atoms with Crippen LogP contribution >= 0.6 is 0 Å². The molecule has 0 bridgehead atoms. The van der Waals surface area contributed by atoms with Gasteiger partial charge in [-0.1, -0.05) is 48.5 Å². The van der Waals surface area contributed by atoms with Crippen molar-refractivity contribution in [2.75, 3.05) is 26.2 Å². The fourth-order valence-electron chi connectivity index (χ4n) is 4.19. The molecule has 3 aromatic rings. The molecule has 0 atom stereocenters. The number of aromatic nitrogens is 2. The second-order valence-corrected chi connectivity index (χ2v) is 8.01. The maximum absolute atomic E-state index is 12.9. The molecule has 30 heavy (non-hydrogen) atoms. The lowest BCUT2D eigenvalue weighted by atomic mass is 10.1. The zero-order valence-electron chi connectivity index (χ0n) is 17.3. The Morgan fingerprint density at radius 3 is 2.43 bits per heavy atom. The SMILES string of the molecule is O=C(NCCC[NH+]1CCCCC1)c1nn(Cc2ccccc2)c(=O)c2ccccc12. The molecule has 156 valence electrons. The van der Waals surface area contributed by atoms with Crippen LogP contribution in [-0.4, -0.2) is 41.9 Å². The smallest absolute Gasteiger partial charge is 0.274 e. The average molecular weight is 406 g/mol. The molecule has 0 radical (unpaired) electrons. The van der Waals surface area contributed by atoms with Crippen LogP contribution in [0.5, 0.6) is 0 Å². The summed E-state index contributed by atoms with van der Waals surface area (Å²) in [6.45, 7) is 4.52. The van der Waals surface area contributed by atoms with Crippen LogP contribution in [0.2, 0.25) is 0 Å². The normalized spacial score (nSPS) is 14.7. The standard InChI is InChI=1S/C24H28N4O2/c29-23(25-14-9-17-27-15-7-2-8-16-27)22-20-12-5-6-13-21(20)24(30)28(26-22)18-19-10-3-1-4-11-19/h1,3-6,10-13H,2,7-9,14-18H2,(H,25,29)/p+1. The van der Waals surface area contributed by atoms with Gasteiger partial charge in [0.05, 0.1) is 31.6 Å². The first-order valence-electron chi connectivity index (χ1n) is 10.9. The summed E-state index contributed by atoms with van der Waals surface area (Å²) in [4.78, 5) is 27.5. The predicted octanol–water partition coefficient (Wildman–Crippen LogP) is 1.63. The van der Waals surface area contributed by atoms with E-state index in [0.717, 1.165) is 18.5 Å². The lowest BCUT2D eigenvalue weighted by Gasteiger charge is -2.23. The molecule has 1 amide bonds. The number of carbonyl (C=O) groups is 1. The Kier molecular flexibility index (Phi) is 6.54. The van der Waals surface area contributed by atoms with Crippen LogP contribution in [0.3, 0.4) is 0 Å².